The molecule has 1 amide bonds. The molecule has 0 radical (unpaired) electrons. The Morgan fingerprint density at radius 1 is 1.27 bits per heavy atom. The molecular formula is C16H19NO4S. The summed E-state index contributed by atoms with van der Waals surface area (Å²) in [5.41, 5.74) is -0.574. The Hall–Kier alpha value is -1.53. The van der Waals surface area contributed by atoms with Crippen molar-refractivity contribution in [2.75, 3.05) is 0 Å². The van der Waals surface area contributed by atoms with Crippen molar-refractivity contribution in [3.8, 4) is 0 Å². The van der Waals surface area contributed by atoms with Gasteiger partial charge in [-0.3, -0.25) is 4.79 Å². The van der Waals surface area contributed by atoms with Crippen molar-refractivity contribution in [3.63, 3.8) is 0 Å². The summed E-state index contributed by atoms with van der Waals surface area (Å²) in [4.78, 5) is 25.7. The van der Waals surface area contributed by atoms with Gasteiger partial charge in [-0.2, -0.15) is 0 Å². The monoisotopic (exact) mass is 321 g/mol. The number of thioether (sulfide) groups is 1. The van der Waals surface area contributed by atoms with Crippen LogP contribution in [0, 0.1) is 5.92 Å². The van der Waals surface area contributed by atoms with Gasteiger partial charge in [0.1, 0.15) is 0 Å². The number of nitrogens with zero attached hydrogens (tertiary/aromatic N) is 1. The minimum atomic E-state index is -1.26. The van der Waals surface area contributed by atoms with Gasteiger partial charge in [0.15, 0.2) is 5.54 Å². The molecule has 0 spiro atoms. The molecule has 4 atom stereocenters. The highest BCUT2D eigenvalue weighted by molar-refractivity contribution is 8.01. The fraction of sp³-hybridized carbons (Fsp3) is 0.500. The third-order valence-corrected chi connectivity index (χ3v) is 6.78. The fourth-order valence-electron chi connectivity index (χ4n) is 3.30. The van der Waals surface area contributed by atoms with Crippen LogP contribution >= 0.6 is 11.8 Å². The summed E-state index contributed by atoms with van der Waals surface area (Å²) < 4.78 is -0.621. The van der Waals surface area contributed by atoms with Crippen LogP contribution in [0.3, 0.4) is 0 Å². The number of β-lactam (4-membered cyclic amide) rings is 1. The van der Waals surface area contributed by atoms with E-state index in [-0.39, 0.29) is 11.3 Å². The molecule has 22 heavy (non-hydrogen) atoms. The van der Waals surface area contributed by atoms with Crippen molar-refractivity contribution in [3.05, 3.63) is 35.9 Å². The van der Waals surface area contributed by atoms with E-state index in [1.165, 1.54) is 16.7 Å². The molecule has 0 aliphatic carbocycles. The predicted molar refractivity (Wildman–Crippen MR) is 83.2 cm³/mol. The first-order valence-corrected chi connectivity index (χ1v) is 8.07. The van der Waals surface area contributed by atoms with Gasteiger partial charge >= 0.3 is 5.97 Å². The number of amides is 1. The predicted octanol–water partition coefficient (Wildman–Crippen LogP) is 1.87. The Kier molecular flexibility index (Phi) is 3.30. The fourth-order valence-corrected chi connectivity index (χ4v) is 5.15. The van der Waals surface area contributed by atoms with Crippen molar-refractivity contribution in [2.45, 2.75) is 42.5 Å². The van der Waals surface area contributed by atoms with E-state index in [9.17, 15) is 19.8 Å². The van der Waals surface area contributed by atoms with E-state index in [1.54, 1.807) is 19.1 Å². The third kappa shape index (κ3) is 1.77. The number of aliphatic carboxylic acids is 1. The maximum absolute atomic E-state index is 12.6. The molecule has 2 N–H and O–H groups in total. The van der Waals surface area contributed by atoms with Gasteiger partial charge in [0.2, 0.25) is 5.91 Å². The Morgan fingerprint density at radius 2 is 1.86 bits per heavy atom. The minimum absolute atomic E-state index is 0.288. The number of carboxylic acids is 1. The Balaban J connectivity index is 1.93. The topological polar surface area (TPSA) is 77.8 Å². The Morgan fingerprint density at radius 3 is 2.41 bits per heavy atom. The van der Waals surface area contributed by atoms with Gasteiger partial charge in [-0.25, -0.2) is 4.79 Å². The minimum Gasteiger partial charge on any atom is -0.479 e. The van der Waals surface area contributed by atoms with Crippen LogP contribution in [-0.2, 0) is 9.59 Å². The molecule has 6 heteroatoms. The van der Waals surface area contributed by atoms with Gasteiger partial charge in [0, 0.05) is 4.75 Å². The second kappa shape index (κ2) is 4.73. The lowest BCUT2D eigenvalue weighted by molar-refractivity contribution is -0.178. The first-order valence-electron chi connectivity index (χ1n) is 7.19. The number of hydrogen-bond acceptors (Lipinski definition) is 4. The molecule has 118 valence electrons. The molecule has 2 aliphatic rings. The zero-order chi connectivity index (χ0) is 16.3. The average molecular weight is 321 g/mol. The Labute approximate surface area is 133 Å². The van der Waals surface area contributed by atoms with Crippen molar-refractivity contribution >= 4 is 23.6 Å². The van der Waals surface area contributed by atoms with Crippen molar-refractivity contribution in [2.24, 2.45) is 5.92 Å². The van der Waals surface area contributed by atoms with Crippen LogP contribution in [0.4, 0.5) is 0 Å². The molecule has 5 nitrogen and oxygen atoms in total. The summed E-state index contributed by atoms with van der Waals surface area (Å²) in [6, 6.07) is 9.03. The van der Waals surface area contributed by atoms with E-state index in [4.69, 9.17) is 0 Å². The van der Waals surface area contributed by atoms with Crippen molar-refractivity contribution < 1.29 is 19.8 Å². The summed E-state index contributed by atoms with van der Waals surface area (Å²) in [6.07, 6.45) is -0.908. The molecule has 2 aliphatic heterocycles. The molecule has 2 heterocycles. The van der Waals surface area contributed by atoms with E-state index >= 15 is 0 Å². The van der Waals surface area contributed by atoms with E-state index in [0.717, 1.165) is 0 Å². The highest BCUT2D eigenvalue weighted by Crippen LogP contribution is 2.60. The van der Waals surface area contributed by atoms with E-state index in [0.29, 0.717) is 5.56 Å². The number of hydrogen-bond donors (Lipinski definition) is 2. The quantitative estimate of drug-likeness (QED) is 0.831. The molecule has 2 saturated heterocycles. The highest BCUT2D eigenvalue weighted by atomic mass is 32.2. The van der Waals surface area contributed by atoms with Gasteiger partial charge in [0.05, 0.1) is 17.4 Å². The zero-order valence-corrected chi connectivity index (χ0v) is 13.5. The van der Waals surface area contributed by atoms with Gasteiger partial charge < -0.3 is 15.1 Å². The van der Waals surface area contributed by atoms with Gasteiger partial charge in [-0.15, -0.1) is 11.8 Å². The maximum Gasteiger partial charge on any atom is 0.330 e. The summed E-state index contributed by atoms with van der Waals surface area (Å²) in [5.74, 6) is -1.88. The van der Waals surface area contributed by atoms with Crippen LogP contribution in [0.15, 0.2) is 30.3 Å². The summed E-state index contributed by atoms with van der Waals surface area (Å²) in [5, 5.41) is 19.8. The zero-order valence-electron chi connectivity index (χ0n) is 12.7. The second-order valence-corrected chi connectivity index (χ2v) is 8.22. The number of carboxylic acid groups (broad SMARTS) is 1. The molecule has 1 aromatic rings. The van der Waals surface area contributed by atoms with E-state index < -0.39 is 28.3 Å². The second-order valence-electron chi connectivity index (χ2n) is 6.49. The van der Waals surface area contributed by atoms with Crippen LogP contribution in [-0.4, -0.2) is 42.6 Å². The maximum atomic E-state index is 12.6. The van der Waals surface area contributed by atoms with Crippen LogP contribution < -0.4 is 0 Å². The lowest BCUT2D eigenvalue weighted by atomic mass is 9.78. The first-order chi connectivity index (χ1) is 10.2. The SMILES string of the molecule is CC1(C)S[C@@H]2[C@@H](C(O)c3ccccc3)C(=O)N2[C@@]1(C)C(=O)O. The normalized spacial score (nSPS) is 34.0. The highest BCUT2D eigenvalue weighted by Gasteiger charge is 2.71. The molecule has 2 fully saturated rings. The summed E-state index contributed by atoms with van der Waals surface area (Å²) in [6.45, 7) is 5.26. The van der Waals surface area contributed by atoms with Crippen molar-refractivity contribution in [1.82, 2.24) is 4.90 Å². The molecule has 3 rings (SSSR count). The average Bonchev–Trinajstić information content (AvgIpc) is 2.65. The number of carbonyl (C=O) groups excluding carboxylic acids is 1. The lowest BCUT2D eigenvalue weighted by Gasteiger charge is -2.49. The smallest absolute Gasteiger partial charge is 0.330 e. The molecule has 0 saturated carbocycles. The molecule has 0 bridgehead atoms. The van der Waals surface area contributed by atoms with Crippen LogP contribution in [0.1, 0.15) is 32.4 Å². The number of aliphatic hydroxyl groups is 1. The van der Waals surface area contributed by atoms with E-state index in [1.807, 2.05) is 32.0 Å². The standard InChI is InChI=1S/C16H19NO4S/c1-15(2)16(3,14(20)21)17-12(19)10(13(17)22-15)11(18)9-7-5-4-6-8-9/h4-8,10-11,13,18H,1-3H3,(H,20,21)/t10-,11?,13+,16-/m0/s1. The Bertz CT molecular complexity index is 632. The summed E-state index contributed by atoms with van der Waals surface area (Å²) in [7, 11) is 0. The number of rotatable bonds is 3. The number of carbonyl (C=O) groups is 2. The van der Waals surface area contributed by atoms with Crippen molar-refractivity contribution in [1.29, 1.82) is 0 Å². The molecule has 0 aromatic heterocycles. The van der Waals surface area contributed by atoms with Gasteiger partial charge in [-0.1, -0.05) is 30.3 Å². The van der Waals surface area contributed by atoms with Crippen LogP contribution in [0.25, 0.3) is 0 Å². The van der Waals surface area contributed by atoms with Gasteiger partial charge in [0.25, 0.3) is 0 Å². The lowest BCUT2D eigenvalue weighted by Crippen LogP contribution is -2.69. The van der Waals surface area contributed by atoms with Gasteiger partial charge in [-0.05, 0) is 26.3 Å². The van der Waals surface area contributed by atoms with Crippen LogP contribution in [0.5, 0.6) is 0 Å². The number of fused-ring (bicyclic) bond motifs is 1. The first kappa shape index (κ1) is 15.4. The largest absolute Gasteiger partial charge is 0.479 e. The molecule has 1 unspecified atom stereocenters. The summed E-state index contributed by atoms with van der Waals surface area (Å²) >= 11 is 1.45. The number of benzene rings is 1. The van der Waals surface area contributed by atoms with E-state index in [2.05, 4.69) is 0 Å². The molecule has 1 aromatic carbocycles. The number of aliphatic hydroxyl groups excluding tert-OH is 1. The third-order valence-electron chi connectivity index (χ3n) is 5.05. The molecular weight excluding hydrogens is 302 g/mol. The van der Waals surface area contributed by atoms with Crippen LogP contribution in [0.2, 0.25) is 0 Å².